The second-order valence-corrected chi connectivity index (χ2v) is 4.45. The molecule has 0 aromatic heterocycles. The molecule has 1 heteroatoms. The molecule has 0 atom stereocenters. The van der Waals surface area contributed by atoms with Crippen LogP contribution >= 0.6 is 0 Å². The van der Waals surface area contributed by atoms with Crippen LogP contribution in [-0.2, 0) is 0 Å². The van der Waals surface area contributed by atoms with Gasteiger partial charge in [0.25, 0.3) is 0 Å². The first-order valence-electron chi connectivity index (χ1n) is 6.13. The number of ether oxygens (including phenoxy) is 1. The summed E-state index contributed by atoms with van der Waals surface area (Å²) in [5, 5.41) is 0. The normalized spacial score (nSPS) is 16.8. The van der Waals surface area contributed by atoms with E-state index in [1.54, 1.807) is 0 Å². The van der Waals surface area contributed by atoms with E-state index >= 15 is 0 Å². The molecule has 1 aliphatic rings. The molecule has 1 fully saturated rings. The molecule has 0 amide bonds. The summed E-state index contributed by atoms with van der Waals surface area (Å²) in [5.74, 6) is 1.99. The van der Waals surface area contributed by atoms with Gasteiger partial charge < -0.3 is 4.74 Å². The van der Waals surface area contributed by atoms with Crippen LogP contribution in [-0.4, -0.2) is 6.61 Å². The summed E-state index contributed by atoms with van der Waals surface area (Å²) in [6.45, 7) is 0.876. The molecular weight excluding hydrogens is 184 g/mol. The van der Waals surface area contributed by atoms with Crippen molar-refractivity contribution in [1.82, 2.24) is 0 Å². The van der Waals surface area contributed by atoms with E-state index in [0.29, 0.717) is 0 Å². The minimum absolute atomic E-state index is 0.876. The van der Waals surface area contributed by atoms with E-state index in [9.17, 15) is 0 Å². The Balaban J connectivity index is 1.59. The Bertz CT molecular complexity index is 262. The van der Waals surface area contributed by atoms with Gasteiger partial charge >= 0.3 is 0 Å². The first kappa shape index (κ1) is 10.5. The maximum Gasteiger partial charge on any atom is 0.119 e. The number of benzene rings is 1. The predicted octanol–water partition coefficient (Wildman–Crippen LogP) is 4.04. The zero-order valence-electron chi connectivity index (χ0n) is 9.32. The van der Waals surface area contributed by atoms with Crippen molar-refractivity contribution in [1.29, 1.82) is 0 Å². The lowest BCUT2D eigenvalue weighted by Gasteiger charge is -2.09. The second-order valence-electron chi connectivity index (χ2n) is 4.45. The molecule has 1 nitrogen and oxygen atoms in total. The average Bonchev–Trinajstić information content (AvgIpc) is 2.79. The van der Waals surface area contributed by atoms with Crippen molar-refractivity contribution in [2.24, 2.45) is 5.92 Å². The summed E-state index contributed by atoms with van der Waals surface area (Å²) in [5.41, 5.74) is 0. The van der Waals surface area contributed by atoms with E-state index in [-0.39, 0.29) is 0 Å². The Morgan fingerprint density at radius 3 is 2.53 bits per heavy atom. The van der Waals surface area contributed by atoms with Gasteiger partial charge in [0, 0.05) is 0 Å². The zero-order valence-corrected chi connectivity index (χ0v) is 9.32. The molecule has 0 N–H and O–H groups in total. The summed E-state index contributed by atoms with van der Waals surface area (Å²) < 4.78 is 5.67. The smallest absolute Gasteiger partial charge is 0.119 e. The quantitative estimate of drug-likeness (QED) is 0.658. The molecule has 0 radical (unpaired) electrons. The summed E-state index contributed by atoms with van der Waals surface area (Å²) in [6.07, 6.45) is 8.36. The van der Waals surface area contributed by atoms with Gasteiger partial charge in [0.1, 0.15) is 5.75 Å². The van der Waals surface area contributed by atoms with Crippen molar-refractivity contribution >= 4 is 0 Å². The highest BCUT2D eigenvalue weighted by Gasteiger charge is 2.13. The summed E-state index contributed by atoms with van der Waals surface area (Å²) in [6, 6.07) is 10.1. The maximum absolute atomic E-state index is 5.67. The van der Waals surface area contributed by atoms with Crippen LogP contribution in [0.2, 0.25) is 0 Å². The zero-order chi connectivity index (χ0) is 10.3. The topological polar surface area (TPSA) is 9.23 Å². The van der Waals surface area contributed by atoms with Gasteiger partial charge in [-0.05, 0) is 30.9 Å². The number of para-hydroxylation sites is 1. The van der Waals surface area contributed by atoms with E-state index in [1.165, 1.54) is 38.5 Å². The van der Waals surface area contributed by atoms with Crippen LogP contribution in [0.5, 0.6) is 5.75 Å². The molecule has 0 aliphatic heterocycles. The Labute approximate surface area is 92.5 Å². The molecule has 1 aliphatic carbocycles. The fraction of sp³-hybridized carbons (Fsp3) is 0.571. The summed E-state index contributed by atoms with van der Waals surface area (Å²) in [7, 11) is 0. The molecule has 0 unspecified atom stereocenters. The maximum atomic E-state index is 5.67. The van der Waals surface area contributed by atoms with Gasteiger partial charge in [-0.3, -0.25) is 0 Å². The largest absolute Gasteiger partial charge is 0.494 e. The van der Waals surface area contributed by atoms with E-state index in [0.717, 1.165) is 18.3 Å². The molecule has 1 saturated carbocycles. The first-order valence-corrected chi connectivity index (χ1v) is 6.13. The van der Waals surface area contributed by atoms with Crippen LogP contribution in [0, 0.1) is 5.92 Å². The fourth-order valence-electron chi connectivity index (χ4n) is 2.38. The Kier molecular flexibility index (Phi) is 4.07. The molecule has 0 saturated heterocycles. The van der Waals surface area contributed by atoms with Crippen LogP contribution in [0.15, 0.2) is 30.3 Å². The van der Waals surface area contributed by atoms with E-state index in [2.05, 4.69) is 0 Å². The molecule has 82 valence electrons. The van der Waals surface area contributed by atoms with Crippen LogP contribution in [0.25, 0.3) is 0 Å². The van der Waals surface area contributed by atoms with Crippen LogP contribution in [0.4, 0.5) is 0 Å². The summed E-state index contributed by atoms with van der Waals surface area (Å²) >= 11 is 0. The Hall–Kier alpha value is -0.980. The molecule has 0 spiro atoms. The van der Waals surface area contributed by atoms with Crippen molar-refractivity contribution in [3.63, 3.8) is 0 Å². The van der Waals surface area contributed by atoms with Gasteiger partial charge in [-0.1, -0.05) is 43.9 Å². The van der Waals surface area contributed by atoms with E-state index in [4.69, 9.17) is 4.74 Å². The minimum atomic E-state index is 0.876. The lowest BCUT2D eigenvalue weighted by molar-refractivity contribution is 0.292. The van der Waals surface area contributed by atoms with Crippen molar-refractivity contribution in [2.45, 2.75) is 38.5 Å². The van der Waals surface area contributed by atoms with Crippen LogP contribution in [0.1, 0.15) is 38.5 Å². The number of hydrogen-bond acceptors (Lipinski definition) is 1. The van der Waals surface area contributed by atoms with E-state index in [1.807, 2.05) is 30.3 Å². The van der Waals surface area contributed by atoms with Crippen molar-refractivity contribution in [3.8, 4) is 5.75 Å². The predicted molar refractivity (Wildman–Crippen MR) is 63.1 cm³/mol. The highest BCUT2D eigenvalue weighted by molar-refractivity contribution is 5.20. The third-order valence-corrected chi connectivity index (χ3v) is 3.24. The van der Waals surface area contributed by atoms with Crippen LogP contribution < -0.4 is 4.74 Å². The molecule has 1 aromatic rings. The molecule has 0 bridgehead atoms. The molecular formula is C14H20O. The number of rotatable bonds is 5. The second kappa shape index (κ2) is 5.79. The lowest BCUT2D eigenvalue weighted by atomic mass is 10.0. The highest BCUT2D eigenvalue weighted by atomic mass is 16.5. The van der Waals surface area contributed by atoms with Gasteiger partial charge in [0.2, 0.25) is 0 Å². The summed E-state index contributed by atoms with van der Waals surface area (Å²) in [4.78, 5) is 0. The van der Waals surface area contributed by atoms with E-state index < -0.39 is 0 Å². The van der Waals surface area contributed by atoms with Gasteiger partial charge in [-0.2, -0.15) is 0 Å². The first-order chi connectivity index (χ1) is 7.45. The third-order valence-electron chi connectivity index (χ3n) is 3.24. The molecule has 15 heavy (non-hydrogen) atoms. The molecule has 2 rings (SSSR count). The SMILES string of the molecule is c1ccc(OCCCC2CCCC2)cc1. The standard InChI is InChI=1S/C14H20O/c1-2-10-14(11-3-1)15-12-6-9-13-7-4-5-8-13/h1-3,10-11,13H,4-9,12H2. The molecule has 1 aromatic carbocycles. The average molecular weight is 204 g/mol. The third kappa shape index (κ3) is 3.58. The lowest BCUT2D eigenvalue weighted by Crippen LogP contribution is -2.01. The van der Waals surface area contributed by atoms with Gasteiger partial charge in [-0.15, -0.1) is 0 Å². The Morgan fingerprint density at radius 2 is 1.80 bits per heavy atom. The van der Waals surface area contributed by atoms with Crippen molar-refractivity contribution in [3.05, 3.63) is 30.3 Å². The fourth-order valence-corrected chi connectivity index (χ4v) is 2.38. The van der Waals surface area contributed by atoms with Crippen molar-refractivity contribution in [2.75, 3.05) is 6.61 Å². The number of hydrogen-bond donors (Lipinski definition) is 0. The van der Waals surface area contributed by atoms with Crippen LogP contribution in [0.3, 0.4) is 0 Å². The molecule has 0 heterocycles. The van der Waals surface area contributed by atoms with Gasteiger partial charge in [0.15, 0.2) is 0 Å². The Morgan fingerprint density at radius 1 is 1.07 bits per heavy atom. The van der Waals surface area contributed by atoms with Gasteiger partial charge in [-0.25, -0.2) is 0 Å². The highest BCUT2D eigenvalue weighted by Crippen LogP contribution is 2.28. The van der Waals surface area contributed by atoms with Gasteiger partial charge in [0.05, 0.1) is 6.61 Å². The van der Waals surface area contributed by atoms with Crippen molar-refractivity contribution < 1.29 is 4.74 Å². The monoisotopic (exact) mass is 204 g/mol. The minimum Gasteiger partial charge on any atom is -0.494 e.